The quantitative estimate of drug-likeness (QED) is 0.0991. The highest BCUT2D eigenvalue weighted by molar-refractivity contribution is 9.10. The number of hydrogen-bond donors (Lipinski definition) is 4. The third-order valence-corrected chi connectivity index (χ3v) is 10.6. The highest BCUT2D eigenvalue weighted by atomic mass is 79.9. The number of benzene rings is 4. The molecule has 0 fully saturated rings. The zero-order chi connectivity index (χ0) is 57.1. The number of aromatic hydroxyl groups is 1. The number of nitrogens with one attached hydrogen (secondary N) is 2. The number of anilines is 5. The van der Waals surface area contributed by atoms with Gasteiger partial charge in [0.05, 0.1) is 66.5 Å². The summed E-state index contributed by atoms with van der Waals surface area (Å²) >= 11 is 3.02. The van der Waals surface area contributed by atoms with Gasteiger partial charge in [-0.05, 0) is 72.8 Å². The molecule has 0 saturated carbocycles. The first-order valence-electron chi connectivity index (χ1n) is 21.9. The van der Waals surface area contributed by atoms with Gasteiger partial charge in [-0.3, -0.25) is 10.6 Å². The SMILES string of the molecule is COc1ccc(Nc2ncc(-c3ccc(C(F)(F)F)cc3)o2)nc1.FC(F)(F)c1ccc(-c2cnc(Br)o2)cc1.Nc1ncc(-c2ccc(C(F)(F)F)cc2)o1.Oc1ccc(Nc2ncc(-c3ccc(C(F)(F)F)cc3)o2)nc1. The molecule has 10 rings (SSSR count). The van der Waals surface area contributed by atoms with E-state index in [0.29, 0.717) is 67.5 Å². The molecule has 5 N–H and O–H groups in total. The van der Waals surface area contributed by atoms with Gasteiger partial charge in [0.15, 0.2) is 23.0 Å². The normalized spacial score (nSPS) is 11.5. The third-order valence-electron chi connectivity index (χ3n) is 10.2. The average Bonchev–Trinajstić information content (AvgIpc) is 4.30. The van der Waals surface area contributed by atoms with E-state index in [0.717, 1.165) is 48.5 Å². The van der Waals surface area contributed by atoms with Crippen LogP contribution in [0.5, 0.6) is 11.5 Å². The molecule has 28 heteroatoms. The summed E-state index contributed by atoms with van der Waals surface area (Å²) < 4.78 is 175. The first-order chi connectivity index (χ1) is 37.3. The van der Waals surface area contributed by atoms with Crippen molar-refractivity contribution in [2.45, 2.75) is 24.7 Å². The zero-order valence-electron chi connectivity index (χ0n) is 39.7. The maximum atomic E-state index is 12.6. The van der Waals surface area contributed by atoms with Gasteiger partial charge in [0, 0.05) is 38.2 Å². The van der Waals surface area contributed by atoms with E-state index in [2.05, 4.69) is 56.5 Å². The Balaban J connectivity index is 0.000000155. The minimum atomic E-state index is -4.38. The van der Waals surface area contributed by atoms with Crippen molar-refractivity contribution in [2.75, 3.05) is 23.5 Å². The van der Waals surface area contributed by atoms with Crippen LogP contribution in [0.25, 0.3) is 45.3 Å². The lowest BCUT2D eigenvalue weighted by atomic mass is 10.1. The molecule has 4 aromatic carbocycles. The molecular formula is C51H34BrF12N9O6. The van der Waals surface area contributed by atoms with Crippen LogP contribution in [-0.2, 0) is 24.7 Å². The maximum absolute atomic E-state index is 12.6. The Bertz CT molecular complexity index is 3420. The number of nitrogens with two attached hydrogens (primary N) is 1. The van der Waals surface area contributed by atoms with Crippen LogP contribution in [0, 0.1) is 0 Å². The van der Waals surface area contributed by atoms with E-state index in [1.54, 1.807) is 12.1 Å². The number of nitrogens with zero attached hydrogens (tertiary/aromatic N) is 6. The number of alkyl halides is 12. The molecule has 0 aliphatic carbocycles. The highest BCUT2D eigenvalue weighted by Crippen LogP contribution is 2.36. The number of nitrogen functional groups attached to an aromatic ring is 1. The van der Waals surface area contributed by atoms with Crippen molar-refractivity contribution in [1.82, 2.24) is 29.9 Å². The first kappa shape index (κ1) is 57.4. The van der Waals surface area contributed by atoms with Crippen LogP contribution < -0.4 is 21.1 Å². The van der Waals surface area contributed by atoms with E-state index in [9.17, 15) is 52.7 Å². The van der Waals surface area contributed by atoms with Crippen molar-refractivity contribution in [3.63, 3.8) is 0 Å². The lowest BCUT2D eigenvalue weighted by Gasteiger charge is -2.06. The molecule has 0 saturated heterocycles. The van der Waals surface area contributed by atoms with Gasteiger partial charge in [-0.1, -0.05) is 48.5 Å². The van der Waals surface area contributed by atoms with Crippen LogP contribution in [0.2, 0.25) is 0 Å². The Morgan fingerprint density at radius 3 is 1.05 bits per heavy atom. The van der Waals surface area contributed by atoms with Crippen molar-refractivity contribution in [1.29, 1.82) is 0 Å². The number of rotatable bonds is 9. The standard InChI is InChI=1S/C16H12F3N3O2.C15H10F3N3O2.C10H5BrF3NO.C10H7F3N2O/c1-23-12-6-7-14(20-8-12)22-15-21-9-13(24-15)10-2-4-11(5-3-10)16(17,18)19;16-15(17,18)10-3-1-9(2-4-10)12-8-20-14(23-12)21-13-6-5-11(22)7-19-13;11-9-15-5-8(16-9)6-1-3-7(4-2-6)10(12,13)14;11-10(12,13)7-3-1-6(2-4-7)8-5-15-9(14)16-8/h2-9H,1H3,(H,20,21,22);1-8,22H,(H,19,20,21);1-5H;1-5H,(H2,14,15). The molecular weight excluding hydrogens is 1140 g/mol. The van der Waals surface area contributed by atoms with Gasteiger partial charge in [0.1, 0.15) is 23.1 Å². The fourth-order valence-electron chi connectivity index (χ4n) is 6.29. The number of halogens is 13. The van der Waals surface area contributed by atoms with Gasteiger partial charge in [-0.25, -0.2) is 29.9 Å². The average molecular weight is 1180 g/mol. The molecule has 410 valence electrons. The summed E-state index contributed by atoms with van der Waals surface area (Å²) in [4.78, 5) is 23.8. The maximum Gasteiger partial charge on any atom is 0.416 e. The summed E-state index contributed by atoms with van der Waals surface area (Å²) in [6.07, 6.45) is -9.00. The molecule has 0 aliphatic rings. The fraction of sp³-hybridized carbons (Fsp3) is 0.0980. The van der Waals surface area contributed by atoms with Crippen molar-refractivity contribution in [3.05, 3.63) is 186 Å². The zero-order valence-corrected chi connectivity index (χ0v) is 41.3. The van der Waals surface area contributed by atoms with Gasteiger partial charge in [-0.2, -0.15) is 52.7 Å². The number of hydrogen-bond acceptors (Lipinski definition) is 15. The molecule has 15 nitrogen and oxygen atoms in total. The molecule has 10 aromatic rings. The first-order valence-corrected chi connectivity index (χ1v) is 22.7. The smallest absolute Gasteiger partial charge is 0.416 e. The van der Waals surface area contributed by atoms with Gasteiger partial charge in [-0.15, -0.1) is 0 Å². The molecule has 0 bridgehead atoms. The number of aromatic nitrogens is 6. The minimum absolute atomic E-state index is 0.0186. The molecule has 0 amide bonds. The summed E-state index contributed by atoms with van der Waals surface area (Å²) in [7, 11) is 1.54. The van der Waals surface area contributed by atoms with Crippen LogP contribution in [0.4, 0.5) is 82.4 Å². The predicted molar refractivity (Wildman–Crippen MR) is 263 cm³/mol. The lowest BCUT2D eigenvalue weighted by molar-refractivity contribution is -0.138. The highest BCUT2D eigenvalue weighted by Gasteiger charge is 2.32. The Hall–Kier alpha value is -9.34. The van der Waals surface area contributed by atoms with Crippen molar-refractivity contribution < 1.29 is 80.2 Å². The second kappa shape index (κ2) is 24.3. The van der Waals surface area contributed by atoms with E-state index in [-0.39, 0.29) is 23.8 Å². The molecule has 79 heavy (non-hydrogen) atoms. The molecule has 0 atom stereocenters. The van der Waals surface area contributed by atoms with Crippen LogP contribution in [0.15, 0.2) is 181 Å². The fourth-order valence-corrected chi connectivity index (χ4v) is 6.56. The molecule has 6 aromatic heterocycles. The second-order valence-corrected chi connectivity index (χ2v) is 16.3. The van der Waals surface area contributed by atoms with E-state index in [4.69, 9.17) is 33.2 Å². The van der Waals surface area contributed by atoms with Crippen molar-refractivity contribution in [3.8, 4) is 56.8 Å². The van der Waals surface area contributed by atoms with Gasteiger partial charge < -0.3 is 33.2 Å². The Morgan fingerprint density at radius 1 is 0.418 bits per heavy atom. The summed E-state index contributed by atoms with van der Waals surface area (Å²) in [6.45, 7) is 0. The number of methoxy groups -OCH3 is 1. The number of oxazole rings is 4. The van der Waals surface area contributed by atoms with Crippen LogP contribution in [0.1, 0.15) is 22.3 Å². The second-order valence-electron chi connectivity index (χ2n) is 15.6. The predicted octanol–water partition coefficient (Wildman–Crippen LogP) is 15.8. The van der Waals surface area contributed by atoms with E-state index < -0.39 is 47.0 Å². The van der Waals surface area contributed by atoms with E-state index in [1.165, 1.54) is 105 Å². The molecule has 6 heterocycles. The van der Waals surface area contributed by atoms with Gasteiger partial charge >= 0.3 is 36.7 Å². The van der Waals surface area contributed by atoms with Crippen molar-refractivity contribution in [2.24, 2.45) is 0 Å². The Morgan fingerprint density at radius 2 is 0.759 bits per heavy atom. The van der Waals surface area contributed by atoms with Crippen LogP contribution in [0.3, 0.4) is 0 Å². The van der Waals surface area contributed by atoms with E-state index >= 15 is 0 Å². The summed E-state index contributed by atoms with van der Waals surface area (Å²) in [5, 5.41) is 14.8. The van der Waals surface area contributed by atoms with Crippen LogP contribution in [-0.4, -0.2) is 42.1 Å². The number of ether oxygens (including phenoxy) is 1. The number of pyridine rings is 2. The largest absolute Gasteiger partial charge is 0.506 e. The van der Waals surface area contributed by atoms with E-state index in [1.807, 2.05) is 0 Å². The Labute approximate surface area is 444 Å². The van der Waals surface area contributed by atoms with Gasteiger partial charge in [0.2, 0.25) is 0 Å². The molecule has 0 aliphatic heterocycles. The minimum Gasteiger partial charge on any atom is -0.506 e. The molecule has 0 spiro atoms. The summed E-state index contributed by atoms with van der Waals surface area (Å²) in [5.74, 6) is 2.96. The van der Waals surface area contributed by atoms with Gasteiger partial charge in [0.25, 0.3) is 10.8 Å². The molecule has 0 unspecified atom stereocenters. The molecule has 0 radical (unpaired) electrons. The third kappa shape index (κ3) is 16.3. The Kier molecular flexibility index (Phi) is 17.7. The van der Waals surface area contributed by atoms with Crippen molar-refractivity contribution >= 4 is 45.6 Å². The van der Waals surface area contributed by atoms with Crippen LogP contribution >= 0.6 is 15.9 Å². The topological polar surface area (TPSA) is 209 Å². The monoisotopic (exact) mass is 1180 g/mol. The summed E-state index contributed by atoms with van der Waals surface area (Å²) in [5.41, 5.74) is 4.43. The summed E-state index contributed by atoms with van der Waals surface area (Å²) in [6, 6.07) is 25.2. The lowest BCUT2D eigenvalue weighted by Crippen LogP contribution is -2.03.